The zero-order chi connectivity index (χ0) is 14.8. The van der Waals surface area contributed by atoms with Crippen LogP contribution in [0.3, 0.4) is 0 Å². The topological polar surface area (TPSA) is 114 Å². The number of nitrogens with two attached hydrogens (primary N) is 1. The van der Waals surface area contributed by atoms with Gasteiger partial charge in [0.25, 0.3) is 0 Å². The second-order valence-electron chi connectivity index (χ2n) is 5.44. The molecule has 1 atom stereocenters. The molecule has 1 heterocycles. The highest BCUT2D eigenvalue weighted by atomic mass is 32.2. The average molecular weight is 300 g/mol. The Hall–Kier alpha value is -1.28. The number of hydrogen-bond donors (Lipinski definition) is 3. The van der Waals surface area contributed by atoms with E-state index in [1.54, 1.807) is 4.57 Å². The van der Waals surface area contributed by atoms with Crippen LogP contribution in [0.25, 0.3) is 0 Å². The minimum Gasteiger partial charge on any atom is -0.480 e. The van der Waals surface area contributed by atoms with Crippen LogP contribution in [-0.2, 0) is 4.79 Å². The Kier molecular flexibility index (Phi) is 4.54. The number of unbranched alkanes of at least 4 members (excludes halogenated alkanes) is 1. The van der Waals surface area contributed by atoms with Gasteiger partial charge < -0.3 is 10.8 Å². The van der Waals surface area contributed by atoms with E-state index in [9.17, 15) is 9.59 Å². The van der Waals surface area contributed by atoms with Crippen LogP contribution in [0.15, 0.2) is 9.95 Å². The van der Waals surface area contributed by atoms with E-state index in [1.807, 2.05) is 0 Å². The maximum atomic E-state index is 11.6. The van der Waals surface area contributed by atoms with Crippen molar-refractivity contribution in [2.45, 2.75) is 55.8 Å². The van der Waals surface area contributed by atoms with E-state index in [0.29, 0.717) is 12.5 Å². The van der Waals surface area contributed by atoms with Crippen molar-refractivity contribution in [3.8, 4) is 0 Å². The number of aromatic nitrogens is 3. The zero-order valence-electron chi connectivity index (χ0n) is 11.5. The summed E-state index contributed by atoms with van der Waals surface area (Å²) < 4.78 is 1.72. The SMILES string of the molecule is CC(N)(CCCCSc1n[nH]c(=O)n1C1CC1)C(=O)O. The van der Waals surface area contributed by atoms with E-state index in [0.717, 1.165) is 36.6 Å². The Morgan fingerprint density at radius 2 is 2.30 bits per heavy atom. The fourth-order valence-corrected chi connectivity index (χ4v) is 2.92. The van der Waals surface area contributed by atoms with Crippen molar-refractivity contribution in [3.05, 3.63) is 10.5 Å². The van der Waals surface area contributed by atoms with Gasteiger partial charge in [0, 0.05) is 11.8 Å². The lowest BCUT2D eigenvalue weighted by molar-refractivity contribution is -0.142. The van der Waals surface area contributed by atoms with Crippen LogP contribution in [-0.4, -0.2) is 37.1 Å². The first-order valence-corrected chi connectivity index (χ1v) is 7.72. The van der Waals surface area contributed by atoms with Gasteiger partial charge in [0.2, 0.25) is 0 Å². The first kappa shape index (κ1) is 15.1. The number of hydrogen-bond acceptors (Lipinski definition) is 5. The summed E-state index contributed by atoms with van der Waals surface area (Å²) in [7, 11) is 0. The number of thioether (sulfide) groups is 1. The van der Waals surface area contributed by atoms with E-state index in [4.69, 9.17) is 10.8 Å². The molecule has 0 bridgehead atoms. The summed E-state index contributed by atoms with van der Waals surface area (Å²) >= 11 is 1.53. The third-order valence-corrected chi connectivity index (χ3v) is 4.43. The van der Waals surface area contributed by atoms with Crippen molar-refractivity contribution in [1.82, 2.24) is 14.8 Å². The number of rotatable bonds is 8. The Balaban J connectivity index is 1.74. The molecule has 1 saturated carbocycles. The van der Waals surface area contributed by atoms with E-state index >= 15 is 0 Å². The number of carbonyl (C=O) groups is 1. The summed E-state index contributed by atoms with van der Waals surface area (Å²) in [6.45, 7) is 1.53. The molecule has 1 aromatic heterocycles. The summed E-state index contributed by atoms with van der Waals surface area (Å²) in [5, 5.41) is 16.1. The Morgan fingerprint density at radius 1 is 1.60 bits per heavy atom. The summed E-state index contributed by atoms with van der Waals surface area (Å²) in [4.78, 5) is 22.4. The van der Waals surface area contributed by atoms with Gasteiger partial charge in [0.15, 0.2) is 5.16 Å². The summed E-state index contributed by atoms with van der Waals surface area (Å²) in [5.41, 5.74) is 4.36. The number of carboxylic acids is 1. The van der Waals surface area contributed by atoms with Gasteiger partial charge in [-0.2, -0.15) is 0 Å². The summed E-state index contributed by atoms with van der Waals surface area (Å²) in [6.07, 6.45) is 4.11. The Labute approximate surface area is 120 Å². The molecule has 4 N–H and O–H groups in total. The average Bonchev–Trinajstić information content (AvgIpc) is 3.13. The normalized spacial score (nSPS) is 17.9. The van der Waals surface area contributed by atoms with Crippen LogP contribution >= 0.6 is 11.8 Å². The molecule has 0 amide bonds. The predicted molar refractivity (Wildman–Crippen MR) is 75.9 cm³/mol. The van der Waals surface area contributed by atoms with Crippen LogP contribution in [0.4, 0.5) is 0 Å². The lowest BCUT2D eigenvalue weighted by atomic mass is 9.97. The number of nitrogens with zero attached hydrogens (tertiary/aromatic N) is 2. The molecule has 112 valence electrons. The number of H-pyrrole nitrogens is 1. The molecule has 1 aromatic rings. The van der Waals surface area contributed by atoms with Crippen molar-refractivity contribution in [1.29, 1.82) is 0 Å². The predicted octanol–water partition coefficient (Wildman–Crippen LogP) is 0.971. The van der Waals surface area contributed by atoms with Gasteiger partial charge in [0.05, 0.1) is 0 Å². The third-order valence-electron chi connectivity index (χ3n) is 3.39. The van der Waals surface area contributed by atoms with Crippen molar-refractivity contribution in [2.24, 2.45) is 5.73 Å². The van der Waals surface area contributed by atoms with Crippen LogP contribution in [0.5, 0.6) is 0 Å². The van der Waals surface area contributed by atoms with E-state index in [-0.39, 0.29) is 5.69 Å². The van der Waals surface area contributed by atoms with Gasteiger partial charge in [-0.25, -0.2) is 9.89 Å². The first-order valence-electron chi connectivity index (χ1n) is 6.74. The molecule has 2 rings (SSSR count). The monoisotopic (exact) mass is 300 g/mol. The van der Waals surface area contributed by atoms with Crippen LogP contribution in [0.2, 0.25) is 0 Å². The number of nitrogens with one attached hydrogen (secondary N) is 1. The van der Waals surface area contributed by atoms with Crippen LogP contribution < -0.4 is 11.4 Å². The highest BCUT2D eigenvalue weighted by molar-refractivity contribution is 7.99. The molecular weight excluding hydrogens is 280 g/mol. The van der Waals surface area contributed by atoms with Gasteiger partial charge in [-0.1, -0.05) is 18.2 Å². The Morgan fingerprint density at radius 3 is 2.90 bits per heavy atom. The van der Waals surface area contributed by atoms with Gasteiger partial charge in [0.1, 0.15) is 5.54 Å². The Bertz CT molecular complexity index is 533. The lowest BCUT2D eigenvalue weighted by Gasteiger charge is -2.18. The van der Waals surface area contributed by atoms with Gasteiger partial charge in [-0.15, -0.1) is 5.10 Å². The fraction of sp³-hybridized carbons (Fsp3) is 0.750. The molecule has 1 aliphatic rings. The number of aliphatic carboxylic acids is 1. The highest BCUT2D eigenvalue weighted by Gasteiger charge is 2.29. The lowest BCUT2D eigenvalue weighted by Crippen LogP contribution is -2.44. The molecule has 0 saturated heterocycles. The molecule has 0 radical (unpaired) electrons. The molecule has 8 heteroatoms. The minimum absolute atomic E-state index is 0.143. The number of aromatic amines is 1. The van der Waals surface area contributed by atoms with Crippen molar-refractivity contribution in [3.63, 3.8) is 0 Å². The van der Waals surface area contributed by atoms with Crippen molar-refractivity contribution < 1.29 is 9.90 Å². The standard InChI is InChI=1S/C12H20N4O3S/c1-12(13,9(17)18)6-2-3-7-20-11-15-14-10(19)16(11)8-4-5-8/h8H,2-7,13H2,1H3,(H,14,19)(H,17,18). The molecule has 0 spiro atoms. The van der Waals surface area contributed by atoms with E-state index in [1.165, 1.54) is 18.7 Å². The second kappa shape index (κ2) is 6.01. The smallest absolute Gasteiger partial charge is 0.344 e. The zero-order valence-corrected chi connectivity index (χ0v) is 12.3. The van der Waals surface area contributed by atoms with Crippen molar-refractivity contribution in [2.75, 3.05) is 5.75 Å². The fourth-order valence-electron chi connectivity index (χ4n) is 1.91. The van der Waals surface area contributed by atoms with E-state index < -0.39 is 11.5 Å². The van der Waals surface area contributed by atoms with Gasteiger partial charge in [-0.05, 0) is 32.6 Å². The number of carboxylic acid groups (broad SMARTS) is 1. The van der Waals surface area contributed by atoms with Crippen LogP contribution in [0, 0.1) is 0 Å². The largest absolute Gasteiger partial charge is 0.480 e. The molecular formula is C12H20N4O3S. The second-order valence-corrected chi connectivity index (χ2v) is 6.50. The van der Waals surface area contributed by atoms with E-state index in [2.05, 4.69) is 10.2 Å². The minimum atomic E-state index is -1.16. The molecule has 1 aliphatic carbocycles. The molecule has 0 aliphatic heterocycles. The first-order chi connectivity index (χ1) is 9.42. The van der Waals surface area contributed by atoms with Gasteiger partial charge >= 0.3 is 11.7 Å². The maximum absolute atomic E-state index is 11.6. The highest BCUT2D eigenvalue weighted by Crippen LogP contribution is 2.36. The van der Waals surface area contributed by atoms with Crippen LogP contribution in [0.1, 0.15) is 45.1 Å². The molecule has 1 unspecified atom stereocenters. The van der Waals surface area contributed by atoms with Crippen molar-refractivity contribution >= 4 is 17.7 Å². The third kappa shape index (κ3) is 3.63. The molecule has 1 fully saturated rings. The molecule has 7 nitrogen and oxygen atoms in total. The quantitative estimate of drug-likeness (QED) is 0.487. The summed E-state index contributed by atoms with van der Waals surface area (Å²) in [6, 6.07) is 0.308. The summed E-state index contributed by atoms with van der Waals surface area (Å²) in [5.74, 6) is -0.174. The van der Waals surface area contributed by atoms with Gasteiger partial charge in [-0.3, -0.25) is 9.36 Å². The molecule has 0 aromatic carbocycles. The maximum Gasteiger partial charge on any atom is 0.344 e. The molecule has 20 heavy (non-hydrogen) atoms.